The summed E-state index contributed by atoms with van der Waals surface area (Å²) in [6, 6.07) is 4.85. The summed E-state index contributed by atoms with van der Waals surface area (Å²) >= 11 is 0. The van der Waals surface area contributed by atoms with Crippen LogP contribution in [0.15, 0.2) is 18.2 Å². The van der Waals surface area contributed by atoms with E-state index in [2.05, 4.69) is 4.90 Å². The normalized spacial score (nSPS) is 16.9. The lowest BCUT2D eigenvalue weighted by Crippen LogP contribution is -2.22. The van der Waals surface area contributed by atoms with Crippen LogP contribution in [0, 0.1) is 5.82 Å². The van der Waals surface area contributed by atoms with E-state index in [4.69, 9.17) is 5.11 Å². The smallest absolute Gasteiger partial charge is 0.126 e. The molecule has 0 aromatic heterocycles. The molecule has 16 heavy (non-hydrogen) atoms. The van der Waals surface area contributed by atoms with E-state index in [0.29, 0.717) is 0 Å². The maximum absolute atomic E-state index is 13.5. The molecule has 0 atom stereocenters. The van der Waals surface area contributed by atoms with E-state index in [-0.39, 0.29) is 12.4 Å². The Morgan fingerprint density at radius 3 is 2.69 bits per heavy atom. The fourth-order valence-corrected chi connectivity index (χ4v) is 2.20. The van der Waals surface area contributed by atoms with Gasteiger partial charge in [-0.1, -0.05) is 12.1 Å². The average molecular weight is 223 g/mol. The molecule has 2 rings (SSSR count). The highest BCUT2D eigenvalue weighted by Crippen LogP contribution is 2.14. The third kappa shape index (κ3) is 2.80. The molecule has 0 radical (unpaired) electrons. The minimum absolute atomic E-state index is 0.0169. The van der Waals surface area contributed by atoms with Crippen molar-refractivity contribution < 1.29 is 9.50 Å². The van der Waals surface area contributed by atoms with Crippen LogP contribution >= 0.6 is 0 Å². The van der Waals surface area contributed by atoms with E-state index in [1.54, 1.807) is 12.1 Å². The van der Waals surface area contributed by atoms with Gasteiger partial charge >= 0.3 is 0 Å². The SMILES string of the molecule is OCc1ccc(F)c(CCN2CCCC2)c1. The average Bonchev–Trinajstić information content (AvgIpc) is 2.81. The first kappa shape index (κ1) is 11.6. The van der Waals surface area contributed by atoms with Gasteiger partial charge in [-0.05, 0) is 49.5 Å². The molecular formula is C13H18FNO. The summed E-state index contributed by atoms with van der Waals surface area (Å²) in [7, 11) is 0. The maximum Gasteiger partial charge on any atom is 0.126 e. The maximum atomic E-state index is 13.5. The van der Waals surface area contributed by atoms with Crippen LogP contribution in [0.3, 0.4) is 0 Å². The Balaban J connectivity index is 1.96. The van der Waals surface area contributed by atoms with Crippen molar-refractivity contribution in [2.75, 3.05) is 19.6 Å². The number of hydrogen-bond acceptors (Lipinski definition) is 2. The van der Waals surface area contributed by atoms with Crippen molar-refractivity contribution >= 4 is 0 Å². The lowest BCUT2D eigenvalue weighted by molar-refractivity contribution is 0.281. The third-order valence-electron chi connectivity index (χ3n) is 3.19. The van der Waals surface area contributed by atoms with Gasteiger partial charge in [0.15, 0.2) is 0 Å². The molecule has 0 spiro atoms. The van der Waals surface area contributed by atoms with Crippen molar-refractivity contribution in [1.29, 1.82) is 0 Å². The number of hydrogen-bond donors (Lipinski definition) is 1. The number of halogens is 1. The highest BCUT2D eigenvalue weighted by molar-refractivity contribution is 5.24. The van der Waals surface area contributed by atoms with Gasteiger partial charge in [-0.2, -0.15) is 0 Å². The molecule has 1 heterocycles. The second kappa shape index (κ2) is 5.41. The van der Waals surface area contributed by atoms with Crippen LogP contribution in [0.25, 0.3) is 0 Å². The molecule has 0 bridgehead atoms. The quantitative estimate of drug-likeness (QED) is 0.843. The topological polar surface area (TPSA) is 23.5 Å². The zero-order valence-corrected chi connectivity index (χ0v) is 9.45. The first-order valence-corrected chi connectivity index (χ1v) is 5.90. The zero-order chi connectivity index (χ0) is 11.4. The summed E-state index contributed by atoms with van der Waals surface area (Å²) in [6.07, 6.45) is 3.26. The molecule has 1 aromatic rings. The van der Waals surface area contributed by atoms with Gasteiger partial charge in [0.1, 0.15) is 5.82 Å². The lowest BCUT2D eigenvalue weighted by Gasteiger charge is -2.14. The van der Waals surface area contributed by atoms with Crippen LogP contribution in [-0.2, 0) is 13.0 Å². The minimum Gasteiger partial charge on any atom is -0.392 e. The fraction of sp³-hybridized carbons (Fsp3) is 0.538. The van der Waals surface area contributed by atoms with Crippen LogP contribution < -0.4 is 0 Å². The number of rotatable bonds is 4. The Labute approximate surface area is 95.7 Å². The second-order valence-corrected chi connectivity index (χ2v) is 4.38. The van der Waals surface area contributed by atoms with Crippen molar-refractivity contribution in [3.63, 3.8) is 0 Å². The van der Waals surface area contributed by atoms with E-state index < -0.39 is 0 Å². The Hall–Kier alpha value is -0.930. The molecule has 0 amide bonds. The molecule has 2 nitrogen and oxygen atoms in total. The molecule has 1 aliphatic rings. The lowest BCUT2D eigenvalue weighted by atomic mass is 10.1. The van der Waals surface area contributed by atoms with Gasteiger partial charge in [-0.3, -0.25) is 0 Å². The standard InChI is InChI=1S/C13H18FNO/c14-13-4-3-11(10-16)9-12(13)5-8-15-6-1-2-7-15/h3-4,9,16H,1-2,5-8,10H2. The Morgan fingerprint density at radius 1 is 1.25 bits per heavy atom. The summed E-state index contributed by atoms with van der Waals surface area (Å²) in [5, 5.41) is 9.00. The van der Waals surface area contributed by atoms with Crippen molar-refractivity contribution in [1.82, 2.24) is 4.90 Å². The first-order chi connectivity index (χ1) is 7.79. The second-order valence-electron chi connectivity index (χ2n) is 4.38. The van der Waals surface area contributed by atoms with Crippen LogP contribution in [0.2, 0.25) is 0 Å². The van der Waals surface area contributed by atoms with E-state index in [1.807, 2.05) is 0 Å². The number of aliphatic hydroxyl groups excluding tert-OH is 1. The molecule has 0 aliphatic carbocycles. The van der Waals surface area contributed by atoms with Gasteiger partial charge in [-0.25, -0.2) is 4.39 Å². The highest BCUT2D eigenvalue weighted by atomic mass is 19.1. The van der Waals surface area contributed by atoms with Gasteiger partial charge in [0.2, 0.25) is 0 Å². The van der Waals surface area contributed by atoms with Gasteiger partial charge in [0.05, 0.1) is 6.61 Å². The van der Waals surface area contributed by atoms with Crippen LogP contribution in [0.1, 0.15) is 24.0 Å². The first-order valence-electron chi connectivity index (χ1n) is 5.90. The minimum atomic E-state index is -0.156. The molecule has 0 saturated carbocycles. The fourth-order valence-electron chi connectivity index (χ4n) is 2.20. The predicted molar refractivity (Wildman–Crippen MR) is 61.7 cm³/mol. The summed E-state index contributed by atoms with van der Waals surface area (Å²) < 4.78 is 13.5. The molecule has 1 N–H and O–H groups in total. The van der Waals surface area contributed by atoms with Crippen LogP contribution in [-0.4, -0.2) is 29.6 Å². The largest absolute Gasteiger partial charge is 0.392 e. The monoisotopic (exact) mass is 223 g/mol. The molecule has 1 aromatic carbocycles. The van der Waals surface area contributed by atoms with E-state index in [1.165, 1.54) is 18.9 Å². The molecule has 88 valence electrons. The molecular weight excluding hydrogens is 205 g/mol. The Kier molecular flexibility index (Phi) is 3.91. The summed E-state index contributed by atoms with van der Waals surface area (Å²) in [4.78, 5) is 2.37. The van der Waals surface area contributed by atoms with Crippen LogP contribution in [0.4, 0.5) is 4.39 Å². The molecule has 3 heteroatoms. The molecule has 1 fully saturated rings. The van der Waals surface area contributed by atoms with Crippen LogP contribution in [0.5, 0.6) is 0 Å². The van der Waals surface area contributed by atoms with Gasteiger partial charge in [0, 0.05) is 6.54 Å². The third-order valence-corrected chi connectivity index (χ3v) is 3.19. The van der Waals surface area contributed by atoms with E-state index >= 15 is 0 Å². The predicted octanol–water partition coefficient (Wildman–Crippen LogP) is 1.96. The Bertz CT molecular complexity index is 348. The van der Waals surface area contributed by atoms with E-state index in [0.717, 1.165) is 37.2 Å². The van der Waals surface area contributed by atoms with Crippen molar-refractivity contribution in [2.45, 2.75) is 25.9 Å². The molecule has 0 unspecified atom stereocenters. The van der Waals surface area contributed by atoms with Crippen molar-refractivity contribution in [3.05, 3.63) is 35.1 Å². The molecule has 1 saturated heterocycles. The Morgan fingerprint density at radius 2 is 2.00 bits per heavy atom. The summed E-state index contributed by atoms with van der Waals surface area (Å²) in [5.41, 5.74) is 1.51. The van der Waals surface area contributed by atoms with Crippen molar-refractivity contribution in [2.24, 2.45) is 0 Å². The molecule has 1 aliphatic heterocycles. The zero-order valence-electron chi connectivity index (χ0n) is 9.45. The number of likely N-dealkylation sites (tertiary alicyclic amines) is 1. The highest BCUT2D eigenvalue weighted by Gasteiger charge is 2.12. The van der Waals surface area contributed by atoms with Gasteiger partial charge < -0.3 is 10.0 Å². The number of benzene rings is 1. The van der Waals surface area contributed by atoms with Gasteiger partial charge in [0.25, 0.3) is 0 Å². The number of aliphatic hydroxyl groups is 1. The number of nitrogens with zero attached hydrogens (tertiary/aromatic N) is 1. The summed E-state index contributed by atoms with van der Waals surface area (Å²) in [5.74, 6) is -0.156. The van der Waals surface area contributed by atoms with Crippen molar-refractivity contribution in [3.8, 4) is 0 Å². The van der Waals surface area contributed by atoms with E-state index in [9.17, 15) is 4.39 Å². The summed E-state index contributed by atoms with van der Waals surface area (Å²) in [6.45, 7) is 3.19. The van der Waals surface area contributed by atoms with Gasteiger partial charge in [-0.15, -0.1) is 0 Å².